The Labute approximate surface area is 202 Å². The molecule has 6 rings (SSSR count). The molecular formula is C27H26N6O2. The number of carbonyl (C=O) groups is 2. The van der Waals surface area contributed by atoms with Gasteiger partial charge in [-0.1, -0.05) is 0 Å². The lowest BCUT2D eigenvalue weighted by molar-refractivity contribution is -0.122. The minimum Gasteiger partial charge on any atom is -0.337 e. The number of imidazole rings is 1. The third kappa shape index (κ3) is 4.39. The van der Waals surface area contributed by atoms with E-state index in [9.17, 15) is 9.59 Å². The normalized spacial score (nSPS) is 21.1. The van der Waals surface area contributed by atoms with Crippen LogP contribution in [0.5, 0.6) is 0 Å². The topological polar surface area (TPSA) is 113 Å². The fraction of sp³-hybridized carbons (Fsp3) is 0.296. The van der Waals surface area contributed by atoms with E-state index < -0.39 is 0 Å². The van der Waals surface area contributed by atoms with E-state index in [4.69, 9.17) is 0 Å². The average molecular weight is 467 g/mol. The molecule has 3 heterocycles. The molecule has 2 aliphatic rings. The SMILES string of the molecule is O=C(Nc1cc2nc(-c3ccc(NC(=O)C4CCC5CCC5C4)cc3)[nH]c2cn1)c1ccncc1. The first-order chi connectivity index (χ1) is 17.1. The first-order valence-corrected chi connectivity index (χ1v) is 12.1. The molecule has 0 bridgehead atoms. The molecule has 35 heavy (non-hydrogen) atoms. The van der Waals surface area contributed by atoms with Crippen molar-refractivity contribution in [1.29, 1.82) is 0 Å². The van der Waals surface area contributed by atoms with E-state index in [1.807, 2.05) is 24.3 Å². The van der Waals surface area contributed by atoms with Crippen LogP contribution >= 0.6 is 0 Å². The third-order valence-electron chi connectivity index (χ3n) is 7.40. The van der Waals surface area contributed by atoms with Crippen LogP contribution in [-0.2, 0) is 4.79 Å². The van der Waals surface area contributed by atoms with E-state index in [1.165, 1.54) is 19.3 Å². The minimum atomic E-state index is -0.256. The van der Waals surface area contributed by atoms with Gasteiger partial charge in [0.05, 0.1) is 17.2 Å². The van der Waals surface area contributed by atoms with Gasteiger partial charge in [0, 0.05) is 41.2 Å². The van der Waals surface area contributed by atoms with Gasteiger partial charge >= 0.3 is 0 Å². The summed E-state index contributed by atoms with van der Waals surface area (Å²) in [7, 11) is 0. The van der Waals surface area contributed by atoms with Crippen LogP contribution in [0, 0.1) is 17.8 Å². The molecule has 0 aliphatic heterocycles. The number of carbonyl (C=O) groups excluding carboxylic acids is 2. The molecule has 0 spiro atoms. The predicted octanol–water partition coefficient (Wildman–Crippen LogP) is 5.04. The Hall–Kier alpha value is -4.07. The Morgan fingerprint density at radius 2 is 1.69 bits per heavy atom. The summed E-state index contributed by atoms with van der Waals surface area (Å²) in [6.45, 7) is 0. The highest BCUT2D eigenvalue weighted by Crippen LogP contribution is 2.47. The maximum absolute atomic E-state index is 12.7. The summed E-state index contributed by atoms with van der Waals surface area (Å²) in [6.07, 6.45) is 10.7. The van der Waals surface area contributed by atoms with Gasteiger partial charge in [0.15, 0.2) is 0 Å². The highest BCUT2D eigenvalue weighted by atomic mass is 16.2. The molecule has 3 unspecified atom stereocenters. The van der Waals surface area contributed by atoms with Gasteiger partial charge in [-0.15, -0.1) is 0 Å². The lowest BCUT2D eigenvalue weighted by Gasteiger charge is -2.43. The Kier molecular flexibility index (Phi) is 5.48. The molecule has 2 saturated carbocycles. The summed E-state index contributed by atoms with van der Waals surface area (Å²) in [5, 5.41) is 5.88. The smallest absolute Gasteiger partial charge is 0.256 e. The summed E-state index contributed by atoms with van der Waals surface area (Å²) in [6, 6.07) is 12.7. The molecule has 1 aromatic carbocycles. The maximum atomic E-state index is 12.7. The molecule has 0 saturated heterocycles. The number of anilines is 2. The van der Waals surface area contributed by atoms with Crippen LogP contribution in [0.1, 0.15) is 42.5 Å². The summed E-state index contributed by atoms with van der Waals surface area (Å²) < 4.78 is 0. The number of hydrogen-bond acceptors (Lipinski definition) is 5. The number of aromatic amines is 1. The number of H-pyrrole nitrogens is 1. The second-order valence-corrected chi connectivity index (χ2v) is 9.54. The summed E-state index contributed by atoms with van der Waals surface area (Å²) in [4.78, 5) is 41.3. The molecule has 176 valence electrons. The zero-order chi connectivity index (χ0) is 23.8. The standard InChI is InChI=1S/C27H26N6O2/c34-26(18-9-11-28-12-10-18)33-24-14-22-23(15-29-24)32-25(31-22)17-5-7-21(8-6-17)30-27(35)20-4-2-16-1-3-19(16)13-20/h5-12,14-16,19-20H,1-4,13H2,(H,30,35)(H,31,32)(H,29,33,34). The average Bonchev–Trinajstić information content (AvgIpc) is 3.29. The first kappa shape index (κ1) is 21.5. The van der Waals surface area contributed by atoms with Gasteiger partial charge in [-0.2, -0.15) is 0 Å². The van der Waals surface area contributed by atoms with Crippen molar-refractivity contribution >= 4 is 34.4 Å². The molecule has 2 fully saturated rings. The summed E-state index contributed by atoms with van der Waals surface area (Å²) >= 11 is 0. The largest absolute Gasteiger partial charge is 0.337 e. The number of nitrogens with zero attached hydrogens (tertiary/aromatic N) is 3. The minimum absolute atomic E-state index is 0.132. The number of benzene rings is 1. The monoisotopic (exact) mass is 466 g/mol. The molecule has 3 N–H and O–H groups in total. The van der Waals surface area contributed by atoms with Crippen molar-refractivity contribution < 1.29 is 9.59 Å². The van der Waals surface area contributed by atoms with Crippen LogP contribution in [0.25, 0.3) is 22.4 Å². The highest BCUT2D eigenvalue weighted by Gasteiger charge is 2.38. The predicted molar refractivity (Wildman–Crippen MR) is 134 cm³/mol. The Balaban J connectivity index is 1.13. The molecular weight excluding hydrogens is 440 g/mol. The summed E-state index contributed by atoms with van der Waals surface area (Å²) in [5.74, 6) is 2.76. The number of rotatable bonds is 5. The fourth-order valence-electron chi connectivity index (χ4n) is 5.23. The van der Waals surface area contributed by atoms with Gasteiger partial charge in [0.1, 0.15) is 11.6 Å². The van der Waals surface area contributed by atoms with Gasteiger partial charge in [0.2, 0.25) is 5.91 Å². The van der Waals surface area contributed by atoms with Gasteiger partial charge < -0.3 is 15.6 Å². The van der Waals surface area contributed by atoms with Crippen molar-refractivity contribution in [1.82, 2.24) is 19.9 Å². The van der Waals surface area contributed by atoms with Crippen LogP contribution in [0.3, 0.4) is 0 Å². The fourth-order valence-corrected chi connectivity index (χ4v) is 5.23. The van der Waals surface area contributed by atoms with E-state index >= 15 is 0 Å². The van der Waals surface area contributed by atoms with Gasteiger partial charge in [-0.25, -0.2) is 9.97 Å². The summed E-state index contributed by atoms with van der Waals surface area (Å²) in [5.41, 5.74) is 3.67. The van der Waals surface area contributed by atoms with Crippen molar-refractivity contribution in [3.05, 3.63) is 66.6 Å². The van der Waals surface area contributed by atoms with Gasteiger partial charge in [-0.05, 0) is 80.3 Å². The molecule has 3 aromatic heterocycles. The molecule has 8 heteroatoms. The highest BCUT2D eigenvalue weighted by molar-refractivity contribution is 6.04. The van der Waals surface area contributed by atoms with E-state index in [0.29, 0.717) is 22.7 Å². The quantitative estimate of drug-likeness (QED) is 0.382. The lowest BCUT2D eigenvalue weighted by atomic mass is 9.62. The van der Waals surface area contributed by atoms with Crippen molar-refractivity contribution in [3.63, 3.8) is 0 Å². The maximum Gasteiger partial charge on any atom is 0.256 e. The number of fused-ring (bicyclic) bond motifs is 2. The molecule has 4 aromatic rings. The van der Waals surface area contributed by atoms with Crippen molar-refractivity contribution in [2.75, 3.05) is 10.6 Å². The molecule has 0 radical (unpaired) electrons. The van der Waals surface area contributed by atoms with Crippen LogP contribution in [0.15, 0.2) is 61.1 Å². The van der Waals surface area contributed by atoms with Crippen molar-refractivity contribution in [2.45, 2.75) is 32.1 Å². The van der Waals surface area contributed by atoms with Gasteiger partial charge in [0.25, 0.3) is 5.91 Å². The zero-order valence-corrected chi connectivity index (χ0v) is 19.2. The second-order valence-electron chi connectivity index (χ2n) is 9.54. The lowest BCUT2D eigenvalue weighted by Crippen LogP contribution is -2.37. The third-order valence-corrected chi connectivity index (χ3v) is 7.40. The van der Waals surface area contributed by atoms with Crippen LogP contribution in [0.4, 0.5) is 11.5 Å². The second kappa shape index (κ2) is 8.94. The molecule has 2 aliphatic carbocycles. The van der Waals surface area contributed by atoms with Crippen LogP contribution in [0.2, 0.25) is 0 Å². The number of amides is 2. The van der Waals surface area contributed by atoms with Gasteiger partial charge in [-0.3, -0.25) is 14.6 Å². The number of pyridine rings is 2. The van der Waals surface area contributed by atoms with E-state index in [0.717, 1.165) is 41.4 Å². The first-order valence-electron chi connectivity index (χ1n) is 12.1. The molecule has 2 amide bonds. The van der Waals surface area contributed by atoms with E-state index in [2.05, 4.69) is 30.6 Å². The van der Waals surface area contributed by atoms with Crippen LogP contribution in [-0.4, -0.2) is 31.8 Å². The van der Waals surface area contributed by atoms with Crippen molar-refractivity contribution in [3.8, 4) is 11.4 Å². The van der Waals surface area contributed by atoms with Crippen molar-refractivity contribution in [2.24, 2.45) is 17.8 Å². The number of aromatic nitrogens is 4. The number of nitrogens with one attached hydrogen (secondary N) is 3. The number of hydrogen-bond donors (Lipinski definition) is 3. The molecule has 8 nitrogen and oxygen atoms in total. The zero-order valence-electron chi connectivity index (χ0n) is 19.2. The van der Waals surface area contributed by atoms with Crippen LogP contribution < -0.4 is 10.6 Å². The molecule has 3 atom stereocenters. The Morgan fingerprint density at radius 3 is 2.43 bits per heavy atom. The Morgan fingerprint density at radius 1 is 0.914 bits per heavy atom. The van der Waals surface area contributed by atoms with E-state index in [-0.39, 0.29) is 17.7 Å². The Bertz CT molecular complexity index is 1380. The van der Waals surface area contributed by atoms with E-state index in [1.54, 1.807) is 36.8 Å².